The maximum atomic E-state index is 11.2. The summed E-state index contributed by atoms with van der Waals surface area (Å²) in [7, 11) is 0. The Kier molecular flexibility index (Phi) is 3.90. The van der Waals surface area contributed by atoms with Gasteiger partial charge in [-0.25, -0.2) is 4.79 Å². The summed E-state index contributed by atoms with van der Waals surface area (Å²) in [5.74, 6) is -1.33. The molecule has 2 amide bonds. The van der Waals surface area contributed by atoms with Gasteiger partial charge in [-0.05, 0) is 12.2 Å². The van der Waals surface area contributed by atoms with E-state index in [0.717, 1.165) is 4.90 Å². The van der Waals surface area contributed by atoms with Gasteiger partial charge in [0, 0.05) is 19.3 Å². The highest BCUT2D eigenvalue weighted by atomic mass is 32.1. The van der Waals surface area contributed by atoms with Gasteiger partial charge in [-0.3, -0.25) is 14.5 Å². The van der Waals surface area contributed by atoms with E-state index in [1.807, 2.05) is 0 Å². The van der Waals surface area contributed by atoms with Crippen molar-refractivity contribution in [3.8, 4) is 0 Å². The minimum atomic E-state index is -0.662. The van der Waals surface area contributed by atoms with Crippen LogP contribution in [0, 0.1) is 0 Å². The molecule has 1 rings (SSSR count). The molecule has 0 aromatic rings. The number of hydrogen-bond acceptors (Lipinski definition) is 5. The molecule has 1 aliphatic rings. The van der Waals surface area contributed by atoms with Crippen molar-refractivity contribution in [2.24, 2.45) is 0 Å². The number of carbonyl (C=O) groups excluding carboxylic acids is 3. The van der Waals surface area contributed by atoms with Crippen LogP contribution in [0.4, 0.5) is 0 Å². The Balaban J connectivity index is 2.47. The SMILES string of the molecule is CCC(=S)OC(=O)CN1C(=O)CCC1=O. The molecule has 1 aliphatic heterocycles. The highest BCUT2D eigenvalue weighted by molar-refractivity contribution is 7.80. The summed E-state index contributed by atoms with van der Waals surface area (Å²) < 4.78 is 4.70. The maximum absolute atomic E-state index is 11.2. The second kappa shape index (κ2) is 4.97. The summed E-state index contributed by atoms with van der Waals surface area (Å²) in [6, 6.07) is 0. The second-order valence-electron chi connectivity index (χ2n) is 3.07. The van der Waals surface area contributed by atoms with E-state index in [-0.39, 0.29) is 36.3 Å². The average Bonchev–Trinajstić information content (AvgIpc) is 2.49. The van der Waals surface area contributed by atoms with Crippen molar-refractivity contribution in [1.29, 1.82) is 0 Å². The van der Waals surface area contributed by atoms with Crippen LogP contribution in [0.5, 0.6) is 0 Å². The van der Waals surface area contributed by atoms with Crippen molar-refractivity contribution in [2.45, 2.75) is 26.2 Å². The van der Waals surface area contributed by atoms with Gasteiger partial charge in [0.05, 0.1) is 0 Å². The summed E-state index contributed by atoms with van der Waals surface area (Å²) in [6.07, 6.45) is 0.789. The fraction of sp³-hybridized carbons (Fsp3) is 0.556. The number of nitrogens with zero attached hydrogens (tertiary/aromatic N) is 1. The van der Waals surface area contributed by atoms with Gasteiger partial charge >= 0.3 is 5.97 Å². The van der Waals surface area contributed by atoms with E-state index in [4.69, 9.17) is 17.0 Å². The van der Waals surface area contributed by atoms with Crippen molar-refractivity contribution in [3.05, 3.63) is 0 Å². The van der Waals surface area contributed by atoms with E-state index in [1.165, 1.54) is 0 Å². The summed E-state index contributed by atoms with van der Waals surface area (Å²) in [5.41, 5.74) is 0. The standard InChI is InChI=1S/C9H11NO4S/c1-2-9(15)14-8(13)5-10-6(11)3-4-7(10)12/h2-5H2,1H3. The highest BCUT2D eigenvalue weighted by Crippen LogP contribution is 2.11. The fourth-order valence-electron chi connectivity index (χ4n) is 1.16. The number of ether oxygens (including phenoxy) is 1. The maximum Gasteiger partial charge on any atom is 0.332 e. The van der Waals surface area contributed by atoms with Crippen molar-refractivity contribution < 1.29 is 19.1 Å². The molecule has 0 saturated carbocycles. The van der Waals surface area contributed by atoms with Crippen LogP contribution in [-0.2, 0) is 19.1 Å². The predicted molar refractivity (Wildman–Crippen MR) is 54.9 cm³/mol. The lowest BCUT2D eigenvalue weighted by Gasteiger charge is -2.12. The normalized spacial score (nSPS) is 15.7. The van der Waals surface area contributed by atoms with Crippen molar-refractivity contribution in [3.63, 3.8) is 0 Å². The van der Waals surface area contributed by atoms with Gasteiger partial charge in [0.1, 0.15) is 6.54 Å². The molecule has 0 unspecified atom stereocenters. The molecule has 0 radical (unpaired) electrons. The summed E-state index contributed by atoms with van der Waals surface area (Å²) in [5, 5.41) is 0.166. The molecule has 15 heavy (non-hydrogen) atoms. The molecule has 0 bridgehead atoms. The number of amides is 2. The molecule has 5 nitrogen and oxygen atoms in total. The summed E-state index contributed by atoms with van der Waals surface area (Å²) in [4.78, 5) is 34.4. The molecule has 1 heterocycles. The lowest BCUT2D eigenvalue weighted by Crippen LogP contribution is -2.35. The molecule has 6 heteroatoms. The van der Waals surface area contributed by atoms with Gasteiger partial charge in [-0.1, -0.05) is 6.92 Å². The first-order valence-corrected chi connectivity index (χ1v) is 5.02. The van der Waals surface area contributed by atoms with Gasteiger partial charge in [0.15, 0.2) is 5.05 Å². The number of carbonyl (C=O) groups is 3. The second-order valence-corrected chi connectivity index (χ2v) is 3.53. The minimum Gasteiger partial charge on any atom is -0.418 e. The van der Waals surface area contributed by atoms with Crippen molar-refractivity contribution in [1.82, 2.24) is 4.90 Å². The Labute approximate surface area is 92.4 Å². The van der Waals surface area contributed by atoms with E-state index in [1.54, 1.807) is 6.92 Å². The Morgan fingerprint density at radius 1 is 1.40 bits per heavy atom. The lowest BCUT2D eigenvalue weighted by molar-refractivity contribution is -0.147. The topological polar surface area (TPSA) is 63.7 Å². The third-order valence-corrected chi connectivity index (χ3v) is 2.33. The third-order valence-electron chi connectivity index (χ3n) is 1.96. The number of thiocarbonyl (C=S) groups is 1. The highest BCUT2D eigenvalue weighted by Gasteiger charge is 2.31. The number of hydrogen-bond donors (Lipinski definition) is 0. The molecule has 0 aromatic heterocycles. The number of rotatable bonds is 3. The monoisotopic (exact) mass is 229 g/mol. The number of esters is 1. The quantitative estimate of drug-likeness (QED) is 0.398. The van der Waals surface area contributed by atoms with Gasteiger partial charge in [0.25, 0.3) is 0 Å². The molecule has 0 N–H and O–H groups in total. The van der Waals surface area contributed by atoms with Gasteiger partial charge < -0.3 is 4.74 Å². The van der Waals surface area contributed by atoms with Crippen LogP contribution in [0.2, 0.25) is 0 Å². The largest absolute Gasteiger partial charge is 0.418 e. The van der Waals surface area contributed by atoms with Gasteiger partial charge in [0.2, 0.25) is 11.8 Å². The van der Waals surface area contributed by atoms with Crippen LogP contribution < -0.4 is 0 Å². The molecule has 82 valence electrons. The molecule has 1 fully saturated rings. The van der Waals surface area contributed by atoms with E-state index < -0.39 is 5.97 Å². The van der Waals surface area contributed by atoms with Crippen molar-refractivity contribution in [2.75, 3.05) is 6.54 Å². The predicted octanol–water partition coefficient (Wildman–Crippen LogP) is 0.416. The van der Waals surface area contributed by atoms with Gasteiger partial charge in [-0.15, -0.1) is 0 Å². The Morgan fingerprint density at radius 3 is 2.40 bits per heavy atom. The third kappa shape index (κ3) is 3.09. The first-order chi connectivity index (χ1) is 7.04. The van der Waals surface area contributed by atoms with Crippen LogP contribution >= 0.6 is 12.2 Å². The van der Waals surface area contributed by atoms with Crippen LogP contribution in [-0.4, -0.2) is 34.3 Å². The Morgan fingerprint density at radius 2 is 1.93 bits per heavy atom. The molecule has 0 atom stereocenters. The van der Waals surface area contributed by atoms with E-state index in [2.05, 4.69) is 0 Å². The molecular weight excluding hydrogens is 218 g/mol. The molecule has 0 aromatic carbocycles. The molecule has 1 saturated heterocycles. The van der Waals surface area contributed by atoms with Crippen LogP contribution in [0.3, 0.4) is 0 Å². The smallest absolute Gasteiger partial charge is 0.332 e. The Bertz CT molecular complexity index is 310. The van der Waals surface area contributed by atoms with Crippen molar-refractivity contribution >= 4 is 35.1 Å². The number of likely N-dealkylation sites (tertiary alicyclic amines) is 1. The van der Waals surface area contributed by atoms with E-state index in [9.17, 15) is 14.4 Å². The lowest BCUT2D eigenvalue weighted by atomic mass is 10.4. The molecule has 0 spiro atoms. The first kappa shape index (κ1) is 11.8. The van der Waals surface area contributed by atoms with Crippen LogP contribution in [0.1, 0.15) is 26.2 Å². The van der Waals surface area contributed by atoms with Gasteiger partial charge in [-0.2, -0.15) is 0 Å². The zero-order valence-corrected chi connectivity index (χ0v) is 9.13. The first-order valence-electron chi connectivity index (χ1n) is 4.61. The zero-order chi connectivity index (χ0) is 11.4. The average molecular weight is 229 g/mol. The summed E-state index contributed by atoms with van der Waals surface area (Å²) >= 11 is 4.70. The van der Waals surface area contributed by atoms with Crippen LogP contribution in [0.25, 0.3) is 0 Å². The van der Waals surface area contributed by atoms with E-state index in [0.29, 0.717) is 6.42 Å². The molecular formula is C9H11NO4S. The van der Waals surface area contributed by atoms with Crippen LogP contribution in [0.15, 0.2) is 0 Å². The Hall–Kier alpha value is -1.30. The molecule has 0 aliphatic carbocycles. The summed E-state index contributed by atoms with van der Waals surface area (Å²) in [6.45, 7) is 1.42. The fourth-order valence-corrected chi connectivity index (χ4v) is 1.25. The number of imide groups is 1. The van der Waals surface area contributed by atoms with E-state index >= 15 is 0 Å². The minimum absolute atomic E-state index is 0.166. The zero-order valence-electron chi connectivity index (χ0n) is 8.32.